The van der Waals surface area contributed by atoms with Gasteiger partial charge in [-0.1, -0.05) is 164 Å². The number of hydrogen-bond acceptors (Lipinski definition) is 2. The van der Waals surface area contributed by atoms with E-state index in [2.05, 4.69) is 78.9 Å². The van der Waals surface area contributed by atoms with Crippen molar-refractivity contribution >= 4 is 33.8 Å². The molecular formula is C41H29O2P. The molecule has 0 fully saturated rings. The summed E-state index contributed by atoms with van der Waals surface area (Å²) >= 11 is 0. The number of rotatable bonds is 5. The Kier molecular flexibility index (Phi) is 6.51. The van der Waals surface area contributed by atoms with Gasteiger partial charge < -0.3 is 9.30 Å². The molecule has 0 spiro atoms. The number of para-hydroxylation sites is 1. The van der Waals surface area contributed by atoms with E-state index in [1.165, 1.54) is 0 Å². The van der Waals surface area contributed by atoms with Gasteiger partial charge >= 0.3 is 0 Å². The molecule has 1 atom stereocenters. The minimum absolute atomic E-state index is 0.469. The van der Waals surface area contributed by atoms with Crippen LogP contribution in [0.4, 0.5) is 0 Å². The first-order valence-corrected chi connectivity index (χ1v) is 16.6. The van der Waals surface area contributed by atoms with Crippen LogP contribution in [0, 0.1) is 0 Å². The Labute approximate surface area is 257 Å². The fourth-order valence-corrected chi connectivity index (χ4v) is 9.83. The predicted octanol–water partition coefficient (Wildman–Crippen LogP) is 9.29. The van der Waals surface area contributed by atoms with Crippen molar-refractivity contribution in [2.24, 2.45) is 0 Å². The molecule has 8 rings (SSSR count). The van der Waals surface area contributed by atoms with E-state index in [1.807, 2.05) is 91.0 Å². The van der Waals surface area contributed by atoms with E-state index in [0.29, 0.717) is 0 Å². The maximum Gasteiger partial charge on any atom is 0.172 e. The van der Waals surface area contributed by atoms with E-state index in [4.69, 9.17) is 4.74 Å². The zero-order valence-electron chi connectivity index (χ0n) is 24.0. The summed E-state index contributed by atoms with van der Waals surface area (Å²) in [6.45, 7) is 0. The maximum atomic E-state index is 16.4. The lowest BCUT2D eigenvalue weighted by Gasteiger charge is -2.36. The van der Waals surface area contributed by atoms with E-state index < -0.39 is 13.2 Å². The van der Waals surface area contributed by atoms with Crippen molar-refractivity contribution in [2.45, 2.75) is 6.10 Å². The monoisotopic (exact) mass is 584 g/mol. The number of benzene rings is 7. The number of hydrogen-bond donors (Lipinski definition) is 0. The van der Waals surface area contributed by atoms with Gasteiger partial charge in [0.15, 0.2) is 13.2 Å². The molecule has 0 radical (unpaired) electrons. The summed E-state index contributed by atoms with van der Waals surface area (Å²) in [4.78, 5) is 0. The number of ether oxygens (including phenoxy) is 1. The van der Waals surface area contributed by atoms with Gasteiger partial charge in [-0.15, -0.1) is 0 Å². The van der Waals surface area contributed by atoms with E-state index in [0.717, 1.165) is 65.8 Å². The molecule has 3 heteroatoms. The molecule has 0 bridgehead atoms. The highest BCUT2D eigenvalue weighted by Crippen LogP contribution is 2.56. The van der Waals surface area contributed by atoms with Crippen LogP contribution in [-0.4, -0.2) is 0 Å². The third kappa shape index (κ3) is 4.14. The molecule has 0 N–H and O–H groups in total. The third-order valence-corrected chi connectivity index (χ3v) is 11.8. The lowest BCUT2D eigenvalue weighted by Crippen LogP contribution is -2.32. The van der Waals surface area contributed by atoms with E-state index in [-0.39, 0.29) is 0 Å². The Balaban J connectivity index is 1.64. The molecular weight excluding hydrogens is 555 g/mol. The zero-order chi connectivity index (χ0) is 29.5. The van der Waals surface area contributed by atoms with Crippen LogP contribution in [0.25, 0.3) is 33.0 Å². The van der Waals surface area contributed by atoms with Gasteiger partial charge in [0.05, 0.1) is 0 Å². The summed E-state index contributed by atoms with van der Waals surface area (Å²) in [6, 6.07) is 57.6. The molecule has 1 aliphatic heterocycles. The van der Waals surface area contributed by atoms with Gasteiger partial charge in [-0.05, 0) is 33.5 Å². The first-order chi connectivity index (χ1) is 21.7. The fourth-order valence-electron chi connectivity index (χ4n) is 6.73. The van der Waals surface area contributed by atoms with E-state index in [9.17, 15) is 0 Å². The Morgan fingerprint density at radius 3 is 1.61 bits per heavy atom. The van der Waals surface area contributed by atoms with Crippen molar-refractivity contribution in [1.82, 2.24) is 0 Å². The van der Waals surface area contributed by atoms with E-state index >= 15 is 4.57 Å². The van der Waals surface area contributed by atoms with Crippen LogP contribution < -0.4 is 20.7 Å². The topological polar surface area (TPSA) is 26.3 Å². The summed E-state index contributed by atoms with van der Waals surface area (Å²) in [7, 11) is -3.44. The van der Waals surface area contributed by atoms with Crippen LogP contribution in [0.3, 0.4) is 0 Å². The fraction of sp³-hybridized carbons (Fsp3) is 0.0244. The second kappa shape index (κ2) is 10.8. The first kappa shape index (κ1) is 26.5. The molecule has 7 aromatic carbocycles. The van der Waals surface area contributed by atoms with Crippen LogP contribution in [0.2, 0.25) is 0 Å². The highest BCUT2D eigenvalue weighted by Gasteiger charge is 2.41. The third-order valence-electron chi connectivity index (χ3n) is 8.61. The second-order valence-electron chi connectivity index (χ2n) is 11.1. The molecule has 0 aliphatic carbocycles. The van der Waals surface area contributed by atoms with Crippen molar-refractivity contribution < 1.29 is 9.30 Å². The maximum absolute atomic E-state index is 16.4. The molecule has 7 aromatic rings. The van der Waals surface area contributed by atoms with Gasteiger partial charge in [0.2, 0.25) is 0 Å². The molecule has 1 heterocycles. The Hall–Kier alpha value is -5.17. The first-order valence-electron chi connectivity index (χ1n) is 14.9. The largest absolute Gasteiger partial charge is 0.480 e. The molecule has 0 saturated heterocycles. The standard InChI is InChI=1S/C41H29O2P/c42-44(31-21-9-3-10-22-31,32-23-11-4-12-24-32)41-34-26-14-13-25-33(34)37(29-17-5-1-6-18-29)38-35-27-15-16-28-36(35)43-40(39(38)41)30-19-7-2-8-20-30/h1-28,40H. The average Bonchev–Trinajstić information content (AvgIpc) is 3.11. The van der Waals surface area contributed by atoms with Gasteiger partial charge in [0.1, 0.15) is 5.75 Å². The molecule has 0 amide bonds. The Morgan fingerprint density at radius 2 is 0.977 bits per heavy atom. The summed E-state index contributed by atoms with van der Waals surface area (Å²) in [5, 5.41) is 4.49. The molecule has 1 unspecified atom stereocenters. The van der Waals surface area contributed by atoms with Crippen molar-refractivity contribution in [1.29, 1.82) is 0 Å². The lowest BCUT2D eigenvalue weighted by molar-refractivity contribution is 0.245. The molecule has 0 aromatic heterocycles. The lowest BCUT2D eigenvalue weighted by atomic mass is 9.81. The highest BCUT2D eigenvalue weighted by molar-refractivity contribution is 7.85. The van der Waals surface area contributed by atoms with Gasteiger partial charge in [-0.2, -0.15) is 0 Å². The highest BCUT2D eigenvalue weighted by atomic mass is 31.2. The summed E-state index contributed by atoms with van der Waals surface area (Å²) < 4.78 is 23.4. The normalized spacial score (nSPS) is 14.0. The van der Waals surface area contributed by atoms with Gasteiger partial charge in [-0.25, -0.2) is 0 Å². The SMILES string of the molecule is O=P(c1ccccc1)(c1ccccc1)c1c2c(c(-c3ccccc3)c3ccccc13)-c1ccccc1OC2c1ccccc1. The van der Waals surface area contributed by atoms with Crippen LogP contribution in [0.15, 0.2) is 170 Å². The van der Waals surface area contributed by atoms with Crippen molar-refractivity contribution in [2.75, 3.05) is 0 Å². The molecule has 1 aliphatic rings. The molecule has 2 nitrogen and oxygen atoms in total. The van der Waals surface area contributed by atoms with Gasteiger partial charge in [0, 0.05) is 32.6 Å². The summed E-state index contributed by atoms with van der Waals surface area (Å²) in [5.41, 5.74) is 6.31. The quantitative estimate of drug-likeness (QED) is 0.189. The van der Waals surface area contributed by atoms with Crippen molar-refractivity contribution in [3.8, 4) is 28.0 Å². The van der Waals surface area contributed by atoms with E-state index in [1.54, 1.807) is 0 Å². The summed E-state index contributed by atoms with van der Waals surface area (Å²) in [5.74, 6) is 0.821. The Bertz CT molecular complexity index is 2110. The molecule has 210 valence electrons. The minimum atomic E-state index is -3.44. The molecule has 0 saturated carbocycles. The van der Waals surface area contributed by atoms with Gasteiger partial charge in [0.25, 0.3) is 0 Å². The van der Waals surface area contributed by atoms with Crippen LogP contribution in [0.5, 0.6) is 5.75 Å². The van der Waals surface area contributed by atoms with Crippen molar-refractivity contribution in [3.63, 3.8) is 0 Å². The smallest absolute Gasteiger partial charge is 0.172 e. The van der Waals surface area contributed by atoms with Crippen molar-refractivity contribution in [3.05, 3.63) is 181 Å². The average molecular weight is 585 g/mol. The van der Waals surface area contributed by atoms with Crippen LogP contribution >= 0.6 is 7.14 Å². The summed E-state index contributed by atoms with van der Waals surface area (Å²) in [6.07, 6.45) is -0.469. The second-order valence-corrected chi connectivity index (χ2v) is 13.8. The zero-order valence-corrected chi connectivity index (χ0v) is 24.9. The number of fused-ring (bicyclic) bond motifs is 4. The van der Waals surface area contributed by atoms with Crippen LogP contribution in [-0.2, 0) is 4.57 Å². The minimum Gasteiger partial charge on any atom is -0.480 e. The Morgan fingerprint density at radius 1 is 0.477 bits per heavy atom. The molecule has 44 heavy (non-hydrogen) atoms. The predicted molar refractivity (Wildman–Crippen MR) is 183 cm³/mol. The van der Waals surface area contributed by atoms with Crippen LogP contribution in [0.1, 0.15) is 17.2 Å². The van der Waals surface area contributed by atoms with Gasteiger partial charge in [-0.3, -0.25) is 0 Å².